The quantitative estimate of drug-likeness (QED) is 0.861. The van der Waals surface area contributed by atoms with E-state index in [1.807, 2.05) is 12.3 Å². The molecule has 0 radical (unpaired) electrons. The molecule has 18 heavy (non-hydrogen) atoms. The maximum atomic E-state index is 9.58. The highest BCUT2D eigenvalue weighted by Crippen LogP contribution is 2.16. The first kappa shape index (κ1) is 13.5. The highest BCUT2D eigenvalue weighted by Gasteiger charge is 2.26. The van der Waals surface area contributed by atoms with Crippen LogP contribution in [0.1, 0.15) is 12.5 Å². The van der Waals surface area contributed by atoms with Gasteiger partial charge in [-0.25, -0.2) is 0 Å². The fraction of sp³-hybridized carbons (Fsp3) is 0.643. The van der Waals surface area contributed by atoms with Crippen LogP contribution < -0.4 is 0 Å². The molecule has 1 N–H and O–H groups in total. The van der Waals surface area contributed by atoms with E-state index in [1.54, 1.807) is 6.20 Å². The topological polar surface area (TPSA) is 39.6 Å². The van der Waals surface area contributed by atoms with Gasteiger partial charge in [0.1, 0.15) is 0 Å². The summed E-state index contributed by atoms with van der Waals surface area (Å²) in [5.41, 5.74) is 1.22. The zero-order valence-electron chi connectivity index (χ0n) is 11.3. The number of aliphatic hydroxyl groups is 1. The lowest BCUT2D eigenvalue weighted by molar-refractivity contribution is 0.108. The normalized spacial score (nSPS) is 27.1. The van der Waals surface area contributed by atoms with E-state index in [1.165, 1.54) is 5.56 Å². The minimum absolute atomic E-state index is 0.220. The van der Waals surface area contributed by atoms with Crippen LogP contribution in [0.15, 0.2) is 24.5 Å². The van der Waals surface area contributed by atoms with Crippen molar-refractivity contribution < 1.29 is 5.11 Å². The molecule has 100 valence electrons. The molecular weight excluding hydrogens is 226 g/mol. The van der Waals surface area contributed by atoms with Crippen molar-refractivity contribution in [1.29, 1.82) is 0 Å². The van der Waals surface area contributed by atoms with E-state index in [0.29, 0.717) is 5.92 Å². The molecule has 0 aliphatic carbocycles. The highest BCUT2D eigenvalue weighted by molar-refractivity contribution is 5.08. The largest absolute Gasteiger partial charge is 0.395 e. The molecule has 1 aliphatic rings. The van der Waals surface area contributed by atoms with E-state index in [0.717, 1.165) is 26.2 Å². The minimum atomic E-state index is 0.220. The van der Waals surface area contributed by atoms with Crippen molar-refractivity contribution in [3.05, 3.63) is 30.1 Å². The predicted molar refractivity (Wildman–Crippen MR) is 72.2 cm³/mol. The molecule has 1 aromatic heterocycles. The summed E-state index contributed by atoms with van der Waals surface area (Å²) in [6.45, 7) is 6.42. The molecule has 4 heteroatoms. The number of hydrogen-bond acceptors (Lipinski definition) is 4. The van der Waals surface area contributed by atoms with Gasteiger partial charge in [0.15, 0.2) is 0 Å². The maximum absolute atomic E-state index is 9.58. The van der Waals surface area contributed by atoms with E-state index in [4.69, 9.17) is 0 Å². The Hall–Kier alpha value is -0.970. The summed E-state index contributed by atoms with van der Waals surface area (Å²) in [7, 11) is 2.13. The zero-order chi connectivity index (χ0) is 13.0. The first-order chi connectivity index (χ1) is 8.69. The van der Waals surface area contributed by atoms with Crippen molar-refractivity contribution in [2.45, 2.75) is 19.5 Å². The summed E-state index contributed by atoms with van der Waals surface area (Å²) in [5.74, 6) is 0.628. The lowest BCUT2D eigenvalue weighted by Crippen LogP contribution is -2.42. The van der Waals surface area contributed by atoms with Crippen molar-refractivity contribution in [3.8, 4) is 0 Å². The zero-order valence-corrected chi connectivity index (χ0v) is 11.3. The molecule has 4 nitrogen and oxygen atoms in total. The molecule has 0 spiro atoms. The van der Waals surface area contributed by atoms with Gasteiger partial charge in [0.05, 0.1) is 6.61 Å². The van der Waals surface area contributed by atoms with Crippen LogP contribution in [0, 0.1) is 5.92 Å². The van der Waals surface area contributed by atoms with Crippen molar-refractivity contribution in [2.24, 2.45) is 5.92 Å². The monoisotopic (exact) mass is 249 g/mol. The molecule has 1 aliphatic heterocycles. The fourth-order valence-corrected chi connectivity index (χ4v) is 2.78. The van der Waals surface area contributed by atoms with Gasteiger partial charge >= 0.3 is 0 Å². The number of aliphatic hydroxyl groups excluding tert-OH is 1. The molecule has 1 fully saturated rings. The van der Waals surface area contributed by atoms with Gasteiger partial charge in [0, 0.05) is 44.6 Å². The second-order valence-corrected chi connectivity index (χ2v) is 5.45. The van der Waals surface area contributed by atoms with Crippen LogP contribution in [0.2, 0.25) is 0 Å². The van der Waals surface area contributed by atoms with E-state index in [-0.39, 0.29) is 12.6 Å². The Kier molecular flexibility index (Phi) is 4.69. The van der Waals surface area contributed by atoms with Crippen molar-refractivity contribution >= 4 is 0 Å². The maximum Gasteiger partial charge on any atom is 0.0599 e. The van der Waals surface area contributed by atoms with Crippen LogP contribution in [-0.2, 0) is 6.54 Å². The van der Waals surface area contributed by atoms with Crippen LogP contribution >= 0.6 is 0 Å². The molecule has 1 saturated heterocycles. The molecule has 2 rings (SSSR count). The summed E-state index contributed by atoms with van der Waals surface area (Å²) < 4.78 is 0. The summed E-state index contributed by atoms with van der Waals surface area (Å²) in [4.78, 5) is 8.85. The van der Waals surface area contributed by atoms with Crippen molar-refractivity contribution in [1.82, 2.24) is 14.8 Å². The molecule has 0 saturated carbocycles. The SMILES string of the molecule is CC1CN(C)CC(CO)N(Cc2cccnc2)C1. The Balaban J connectivity index is 2.08. The molecular formula is C14H23N3O. The third kappa shape index (κ3) is 3.51. The molecule has 2 atom stereocenters. The summed E-state index contributed by atoms with van der Waals surface area (Å²) in [6, 6.07) is 4.29. The van der Waals surface area contributed by atoms with Crippen LogP contribution in [-0.4, -0.2) is 59.2 Å². The Labute approximate surface area is 109 Å². The number of rotatable bonds is 3. The minimum Gasteiger partial charge on any atom is -0.395 e. The first-order valence-electron chi connectivity index (χ1n) is 6.61. The summed E-state index contributed by atoms with van der Waals surface area (Å²) in [5, 5.41) is 9.58. The van der Waals surface area contributed by atoms with E-state index in [2.05, 4.69) is 34.8 Å². The number of aromatic nitrogens is 1. The van der Waals surface area contributed by atoms with Gasteiger partial charge in [-0.05, 0) is 24.6 Å². The highest BCUT2D eigenvalue weighted by atomic mass is 16.3. The standard InChI is InChI=1S/C14H23N3O/c1-12-7-16(2)10-14(11-18)17(8-12)9-13-4-3-5-15-6-13/h3-6,12,14,18H,7-11H2,1-2H3. The van der Waals surface area contributed by atoms with Crippen molar-refractivity contribution in [2.75, 3.05) is 33.3 Å². The fourth-order valence-electron chi connectivity index (χ4n) is 2.78. The average molecular weight is 249 g/mol. The van der Waals surface area contributed by atoms with E-state index in [9.17, 15) is 5.11 Å². The van der Waals surface area contributed by atoms with Crippen molar-refractivity contribution in [3.63, 3.8) is 0 Å². The second kappa shape index (κ2) is 6.27. The Bertz CT molecular complexity index is 357. The number of likely N-dealkylation sites (N-methyl/N-ethyl adjacent to an activating group) is 1. The number of pyridine rings is 1. The predicted octanol–water partition coefficient (Wildman–Crippen LogP) is 0.826. The number of nitrogens with zero attached hydrogens (tertiary/aromatic N) is 3. The lowest BCUT2D eigenvalue weighted by atomic mass is 10.1. The van der Waals surface area contributed by atoms with E-state index < -0.39 is 0 Å². The van der Waals surface area contributed by atoms with Crippen LogP contribution in [0.4, 0.5) is 0 Å². The van der Waals surface area contributed by atoms with E-state index >= 15 is 0 Å². The number of hydrogen-bond donors (Lipinski definition) is 1. The van der Waals surface area contributed by atoms with Crippen LogP contribution in [0.25, 0.3) is 0 Å². The molecule has 2 unspecified atom stereocenters. The smallest absolute Gasteiger partial charge is 0.0599 e. The van der Waals surface area contributed by atoms with Gasteiger partial charge in [-0.3, -0.25) is 9.88 Å². The molecule has 0 bridgehead atoms. The van der Waals surface area contributed by atoms with Crippen LogP contribution in [0.5, 0.6) is 0 Å². The summed E-state index contributed by atoms with van der Waals surface area (Å²) >= 11 is 0. The van der Waals surface area contributed by atoms with Gasteiger partial charge in [-0.15, -0.1) is 0 Å². The van der Waals surface area contributed by atoms with Gasteiger partial charge < -0.3 is 10.0 Å². The third-order valence-corrected chi connectivity index (χ3v) is 3.53. The first-order valence-corrected chi connectivity index (χ1v) is 6.61. The molecule has 2 heterocycles. The third-order valence-electron chi connectivity index (χ3n) is 3.53. The summed E-state index contributed by atoms with van der Waals surface area (Å²) in [6.07, 6.45) is 3.71. The molecule has 1 aromatic rings. The molecule has 0 amide bonds. The van der Waals surface area contributed by atoms with Gasteiger partial charge in [-0.2, -0.15) is 0 Å². The van der Waals surface area contributed by atoms with Gasteiger partial charge in [0.2, 0.25) is 0 Å². The van der Waals surface area contributed by atoms with Crippen LogP contribution in [0.3, 0.4) is 0 Å². The molecule has 0 aromatic carbocycles. The lowest BCUT2D eigenvalue weighted by Gasteiger charge is -2.29. The van der Waals surface area contributed by atoms with Gasteiger partial charge in [0.25, 0.3) is 0 Å². The van der Waals surface area contributed by atoms with Gasteiger partial charge in [-0.1, -0.05) is 13.0 Å². The Morgan fingerprint density at radius 2 is 2.22 bits per heavy atom. The Morgan fingerprint density at radius 3 is 2.89 bits per heavy atom. The Morgan fingerprint density at radius 1 is 1.39 bits per heavy atom. The second-order valence-electron chi connectivity index (χ2n) is 5.45. The average Bonchev–Trinajstić information content (AvgIpc) is 2.48.